The van der Waals surface area contributed by atoms with Crippen LogP contribution >= 0.6 is 11.8 Å². The number of nitrogens with zero attached hydrogens (tertiary/aromatic N) is 1. The van der Waals surface area contributed by atoms with E-state index in [1.807, 2.05) is 31.2 Å². The topological polar surface area (TPSA) is 76.2 Å². The zero-order valence-corrected chi connectivity index (χ0v) is 17.1. The maximum atomic E-state index is 12.9. The average molecular weight is 400 g/mol. The summed E-state index contributed by atoms with van der Waals surface area (Å²) in [6.07, 6.45) is 2.83. The number of H-pyrrole nitrogens is 1. The summed E-state index contributed by atoms with van der Waals surface area (Å²) in [6, 6.07) is 12.9. The van der Waals surface area contributed by atoms with E-state index in [-0.39, 0.29) is 11.9 Å². The summed E-state index contributed by atoms with van der Waals surface area (Å²) in [5.74, 6) is 2.67. The minimum Gasteiger partial charge on any atom is -0.493 e. The zero-order chi connectivity index (χ0) is 19.9. The van der Waals surface area contributed by atoms with Crippen molar-refractivity contribution in [2.24, 2.45) is 0 Å². The Bertz CT molecular complexity index is 909. The number of hydrogen-bond donors (Lipinski definition) is 2. The molecule has 7 heteroatoms. The molecular formula is C21H25N3O3S. The molecule has 6 nitrogen and oxygen atoms in total. The van der Waals surface area contributed by atoms with Crippen molar-refractivity contribution in [3.8, 4) is 11.5 Å². The van der Waals surface area contributed by atoms with Crippen LogP contribution in [0.3, 0.4) is 0 Å². The van der Waals surface area contributed by atoms with Crippen LogP contribution in [0.15, 0.2) is 42.5 Å². The third-order valence-electron chi connectivity index (χ3n) is 4.38. The molecule has 3 rings (SSSR count). The van der Waals surface area contributed by atoms with Crippen LogP contribution in [-0.2, 0) is 0 Å². The number of thioether (sulfide) groups is 1. The van der Waals surface area contributed by atoms with Gasteiger partial charge >= 0.3 is 0 Å². The summed E-state index contributed by atoms with van der Waals surface area (Å²) in [6.45, 7) is 2.44. The number of aromatic amines is 1. The summed E-state index contributed by atoms with van der Waals surface area (Å²) in [5, 5.41) is 3.11. The first-order valence-corrected chi connectivity index (χ1v) is 10.6. The Morgan fingerprint density at radius 1 is 1.25 bits per heavy atom. The third kappa shape index (κ3) is 4.59. The first kappa shape index (κ1) is 20.1. The fraction of sp³-hybridized carbons (Fsp3) is 0.333. The van der Waals surface area contributed by atoms with Crippen molar-refractivity contribution >= 4 is 28.7 Å². The lowest BCUT2D eigenvalue weighted by Crippen LogP contribution is -2.29. The number of fused-ring (bicyclic) bond motifs is 1. The Hall–Kier alpha value is -2.67. The summed E-state index contributed by atoms with van der Waals surface area (Å²) >= 11 is 1.74. The molecule has 1 amide bonds. The van der Waals surface area contributed by atoms with Crippen molar-refractivity contribution in [2.75, 3.05) is 25.7 Å². The van der Waals surface area contributed by atoms with Crippen molar-refractivity contribution in [1.82, 2.24) is 15.3 Å². The molecule has 1 heterocycles. The number of nitrogens with one attached hydrogen (secondary N) is 2. The van der Waals surface area contributed by atoms with E-state index in [0.29, 0.717) is 23.7 Å². The van der Waals surface area contributed by atoms with E-state index >= 15 is 0 Å². The molecule has 1 atom stereocenters. The van der Waals surface area contributed by atoms with Crippen LogP contribution in [0.2, 0.25) is 0 Å². The van der Waals surface area contributed by atoms with E-state index in [1.165, 1.54) is 0 Å². The molecule has 0 aliphatic rings. The summed E-state index contributed by atoms with van der Waals surface area (Å²) in [5.41, 5.74) is 2.37. The molecule has 1 unspecified atom stereocenters. The van der Waals surface area contributed by atoms with Crippen LogP contribution < -0.4 is 14.8 Å². The standard InChI is InChI=1S/C21H25N3O3S/c1-4-27-18-10-9-14(13-19(18)26-2)21(25)24-17(11-12-28-3)20-22-15-7-5-6-8-16(15)23-20/h5-10,13,17H,4,11-12H2,1-3H3,(H,22,23)(H,24,25). The maximum Gasteiger partial charge on any atom is 0.252 e. The Labute approximate surface area is 169 Å². The van der Waals surface area contributed by atoms with Gasteiger partial charge in [-0.2, -0.15) is 11.8 Å². The quantitative estimate of drug-likeness (QED) is 0.564. The van der Waals surface area contributed by atoms with Crippen LogP contribution in [0, 0.1) is 0 Å². The molecule has 1 aromatic heterocycles. The number of rotatable bonds is 9. The first-order chi connectivity index (χ1) is 13.7. The molecule has 0 spiro atoms. The van der Waals surface area contributed by atoms with Gasteiger partial charge in [-0.1, -0.05) is 12.1 Å². The maximum absolute atomic E-state index is 12.9. The zero-order valence-electron chi connectivity index (χ0n) is 16.3. The Kier molecular flexibility index (Phi) is 6.81. The van der Waals surface area contributed by atoms with Gasteiger partial charge in [0.2, 0.25) is 0 Å². The van der Waals surface area contributed by atoms with Gasteiger partial charge in [-0.05, 0) is 55.7 Å². The monoisotopic (exact) mass is 399 g/mol. The highest BCUT2D eigenvalue weighted by Crippen LogP contribution is 2.28. The normalized spacial score (nSPS) is 12.0. The molecule has 0 aliphatic carbocycles. The third-order valence-corrected chi connectivity index (χ3v) is 5.02. The minimum absolute atomic E-state index is 0.173. The second-order valence-electron chi connectivity index (χ2n) is 6.25. The second kappa shape index (κ2) is 9.50. The summed E-state index contributed by atoms with van der Waals surface area (Å²) in [4.78, 5) is 20.9. The highest BCUT2D eigenvalue weighted by Gasteiger charge is 2.20. The molecule has 3 aromatic rings. The predicted octanol–water partition coefficient (Wildman–Crippen LogP) is 4.19. The van der Waals surface area contributed by atoms with Crippen LogP contribution in [0.1, 0.15) is 35.6 Å². The number of hydrogen-bond acceptors (Lipinski definition) is 5. The smallest absolute Gasteiger partial charge is 0.252 e. The van der Waals surface area contributed by atoms with Crippen molar-refractivity contribution < 1.29 is 14.3 Å². The van der Waals surface area contributed by atoms with Crippen LogP contribution in [0.4, 0.5) is 0 Å². The fourth-order valence-corrected chi connectivity index (χ4v) is 3.45. The number of carbonyl (C=O) groups excluding carboxylic acids is 1. The number of aromatic nitrogens is 2. The number of benzene rings is 2. The van der Waals surface area contributed by atoms with Gasteiger partial charge in [-0.25, -0.2) is 4.98 Å². The lowest BCUT2D eigenvalue weighted by Gasteiger charge is -2.17. The molecule has 28 heavy (non-hydrogen) atoms. The lowest BCUT2D eigenvalue weighted by molar-refractivity contribution is 0.0933. The molecule has 0 saturated heterocycles. The number of methoxy groups -OCH3 is 1. The molecule has 0 bridgehead atoms. The van der Waals surface area contributed by atoms with Gasteiger partial charge in [0, 0.05) is 5.56 Å². The van der Waals surface area contributed by atoms with E-state index in [2.05, 4.69) is 21.5 Å². The second-order valence-corrected chi connectivity index (χ2v) is 7.23. The highest BCUT2D eigenvalue weighted by atomic mass is 32.2. The molecular weight excluding hydrogens is 374 g/mol. The van der Waals surface area contributed by atoms with Gasteiger partial charge in [-0.3, -0.25) is 4.79 Å². The van der Waals surface area contributed by atoms with E-state index in [9.17, 15) is 4.79 Å². The highest BCUT2D eigenvalue weighted by molar-refractivity contribution is 7.98. The van der Waals surface area contributed by atoms with Crippen molar-refractivity contribution in [3.05, 3.63) is 53.9 Å². The van der Waals surface area contributed by atoms with Crippen molar-refractivity contribution in [2.45, 2.75) is 19.4 Å². The van der Waals surface area contributed by atoms with Gasteiger partial charge in [0.1, 0.15) is 5.82 Å². The lowest BCUT2D eigenvalue weighted by atomic mass is 10.1. The van der Waals surface area contributed by atoms with E-state index in [0.717, 1.165) is 29.0 Å². The van der Waals surface area contributed by atoms with Crippen LogP contribution in [-0.4, -0.2) is 41.6 Å². The number of amides is 1. The summed E-state index contributed by atoms with van der Waals surface area (Å²) < 4.78 is 10.9. The number of para-hydroxylation sites is 2. The Morgan fingerprint density at radius 2 is 2.07 bits per heavy atom. The largest absolute Gasteiger partial charge is 0.493 e. The van der Waals surface area contributed by atoms with Crippen LogP contribution in [0.25, 0.3) is 11.0 Å². The Morgan fingerprint density at radius 3 is 2.79 bits per heavy atom. The first-order valence-electron chi connectivity index (χ1n) is 9.21. The number of carbonyl (C=O) groups is 1. The van der Waals surface area contributed by atoms with Gasteiger partial charge in [0.05, 0.1) is 30.8 Å². The molecule has 0 fully saturated rings. The van der Waals surface area contributed by atoms with Gasteiger partial charge in [0.15, 0.2) is 11.5 Å². The minimum atomic E-state index is -0.204. The van der Waals surface area contributed by atoms with E-state index in [4.69, 9.17) is 9.47 Å². The molecule has 2 aromatic carbocycles. The average Bonchev–Trinajstić information content (AvgIpc) is 3.15. The molecule has 0 aliphatic heterocycles. The number of imidazole rings is 1. The fourth-order valence-electron chi connectivity index (χ4n) is 2.98. The Balaban J connectivity index is 1.83. The SMILES string of the molecule is CCOc1ccc(C(=O)NC(CCSC)c2nc3ccccc3[nH]2)cc1OC. The van der Waals surface area contributed by atoms with Crippen LogP contribution in [0.5, 0.6) is 11.5 Å². The summed E-state index contributed by atoms with van der Waals surface area (Å²) in [7, 11) is 1.56. The number of ether oxygens (including phenoxy) is 2. The van der Waals surface area contributed by atoms with Gasteiger partial charge in [0.25, 0.3) is 5.91 Å². The van der Waals surface area contributed by atoms with Crippen molar-refractivity contribution in [1.29, 1.82) is 0 Å². The van der Waals surface area contributed by atoms with Crippen molar-refractivity contribution in [3.63, 3.8) is 0 Å². The molecule has 0 saturated carbocycles. The predicted molar refractivity (Wildman–Crippen MR) is 113 cm³/mol. The molecule has 148 valence electrons. The molecule has 2 N–H and O–H groups in total. The molecule has 0 radical (unpaired) electrons. The van der Waals surface area contributed by atoms with E-state index < -0.39 is 0 Å². The van der Waals surface area contributed by atoms with E-state index in [1.54, 1.807) is 37.1 Å². The van der Waals surface area contributed by atoms with Gasteiger partial charge in [-0.15, -0.1) is 0 Å². The van der Waals surface area contributed by atoms with Gasteiger partial charge < -0.3 is 19.8 Å².